The van der Waals surface area contributed by atoms with Gasteiger partial charge in [-0.1, -0.05) is 15.9 Å². The van der Waals surface area contributed by atoms with Crippen molar-refractivity contribution in [2.45, 2.75) is 12.8 Å². The molecule has 3 aromatic rings. The first-order valence-electron chi connectivity index (χ1n) is 8.12. The molecule has 1 heterocycles. The topological polar surface area (TPSA) is 48.7 Å². The second-order valence-electron chi connectivity index (χ2n) is 5.61. The van der Waals surface area contributed by atoms with Crippen molar-refractivity contribution < 1.29 is 13.9 Å². The quantitative estimate of drug-likeness (QED) is 0.411. The van der Waals surface area contributed by atoms with Gasteiger partial charge in [0.2, 0.25) is 0 Å². The minimum Gasteiger partial charge on any atom is -0.497 e. The van der Waals surface area contributed by atoms with Crippen LogP contribution in [-0.2, 0) is 0 Å². The molecular formula is C20H19BrO4. The second-order valence-corrected chi connectivity index (χ2v) is 6.40. The minimum atomic E-state index is -0.0852. The van der Waals surface area contributed by atoms with E-state index in [1.54, 1.807) is 19.2 Å². The second kappa shape index (κ2) is 8.21. The SMILES string of the molecule is COc1ccc(-c2cc(=O)c3cc(OCCCCBr)ccc3o2)cc1. The lowest BCUT2D eigenvalue weighted by molar-refractivity contribution is 0.310. The van der Waals surface area contributed by atoms with Gasteiger partial charge in [0.25, 0.3) is 0 Å². The monoisotopic (exact) mass is 402 g/mol. The van der Waals surface area contributed by atoms with Crippen molar-refractivity contribution in [1.29, 1.82) is 0 Å². The van der Waals surface area contributed by atoms with E-state index in [2.05, 4.69) is 15.9 Å². The Kier molecular flexibility index (Phi) is 5.76. The number of unbranched alkanes of at least 4 members (excludes halogenated alkanes) is 1. The van der Waals surface area contributed by atoms with Gasteiger partial charge in [-0.3, -0.25) is 4.79 Å². The highest BCUT2D eigenvalue weighted by atomic mass is 79.9. The molecule has 4 nitrogen and oxygen atoms in total. The van der Waals surface area contributed by atoms with E-state index in [9.17, 15) is 4.79 Å². The van der Waals surface area contributed by atoms with Gasteiger partial charge in [0.15, 0.2) is 5.43 Å². The maximum atomic E-state index is 12.5. The molecular weight excluding hydrogens is 384 g/mol. The molecule has 130 valence electrons. The minimum absolute atomic E-state index is 0.0852. The zero-order chi connectivity index (χ0) is 17.6. The Balaban J connectivity index is 1.87. The van der Waals surface area contributed by atoms with Gasteiger partial charge >= 0.3 is 0 Å². The number of alkyl halides is 1. The molecule has 0 bridgehead atoms. The van der Waals surface area contributed by atoms with Crippen LogP contribution in [0.1, 0.15) is 12.8 Å². The fraction of sp³-hybridized carbons (Fsp3) is 0.250. The molecule has 0 spiro atoms. The van der Waals surface area contributed by atoms with Gasteiger partial charge in [-0.25, -0.2) is 0 Å². The number of halogens is 1. The molecule has 0 fully saturated rings. The largest absolute Gasteiger partial charge is 0.497 e. The summed E-state index contributed by atoms with van der Waals surface area (Å²) in [5.74, 6) is 1.98. The highest BCUT2D eigenvalue weighted by molar-refractivity contribution is 9.09. The molecule has 0 saturated carbocycles. The van der Waals surface area contributed by atoms with Crippen LogP contribution in [0.15, 0.2) is 57.7 Å². The number of ether oxygens (including phenoxy) is 2. The maximum Gasteiger partial charge on any atom is 0.193 e. The standard InChI is InChI=1S/C20H19BrO4/c1-23-15-6-4-14(5-7-15)20-13-18(22)17-12-16(8-9-19(17)25-20)24-11-3-2-10-21/h4-9,12-13H,2-3,10-11H2,1H3. The van der Waals surface area contributed by atoms with Crippen LogP contribution in [0, 0.1) is 0 Å². The summed E-state index contributed by atoms with van der Waals surface area (Å²) in [4.78, 5) is 12.5. The summed E-state index contributed by atoms with van der Waals surface area (Å²) in [6.07, 6.45) is 2.02. The van der Waals surface area contributed by atoms with Crippen molar-refractivity contribution in [3.8, 4) is 22.8 Å². The Morgan fingerprint density at radius 2 is 1.76 bits per heavy atom. The molecule has 0 aliphatic heterocycles. The number of fused-ring (bicyclic) bond motifs is 1. The van der Waals surface area contributed by atoms with Gasteiger partial charge in [-0.2, -0.15) is 0 Å². The van der Waals surface area contributed by atoms with Gasteiger partial charge in [0.05, 0.1) is 19.1 Å². The van der Waals surface area contributed by atoms with Gasteiger partial charge in [-0.15, -0.1) is 0 Å². The lowest BCUT2D eigenvalue weighted by Gasteiger charge is -2.08. The predicted octanol–water partition coefficient (Wildman–Crippen LogP) is 5.02. The summed E-state index contributed by atoms with van der Waals surface area (Å²) in [5, 5.41) is 1.49. The van der Waals surface area contributed by atoms with Gasteiger partial charge in [0.1, 0.15) is 22.8 Å². The van der Waals surface area contributed by atoms with Crippen molar-refractivity contribution in [1.82, 2.24) is 0 Å². The zero-order valence-corrected chi connectivity index (χ0v) is 15.5. The molecule has 0 radical (unpaired) electrons. The molecule has 0 aliphatic rings. The normalized spacial score (nSPS) is 10.8. The van der Waals surface area contributed by atoms with Gasteiger partial charge in [0, 0.05) is 17.0 Å². The summed E-state index contributed by atoms with van der Waals surface area (Å²) in [5.41, 5.74) is 1.29. The molecule has 0 N–H and O–H groups in total. The molecule has 5 heteroatoms. The number of hydrogen-bond acceptors (Lipinski definition) is 4. The first kappa shape index (κ1) is 17.5. The molecule has 0 amide bonds. The molecule has 3 rings (SSSR count). The number of benzene rings is 2. The summed E-state index contributed by atoms with van der Waals surface area (Å²) in [6, 6.07) is 14.3. The summed E-state index contributed by atoms with van der Waals surface area (Å²) in [6.45, 7) is 0.631. The van der Waals surface area contributed by atoms with E-state index in [-0.39, 0.29) is 5.43 Å². The molecule has 0 atom stereocenters. The van der Waals surface area contributed by atoms with E-state index in [1.165, 1.54) is 6.07 Å². The average molecular weight is 403 g/mol. The Hall–Kier alpha value is -2.27. The maximum absolute atomic E-state index is 12.5. The summed E-state index contributed by atoms with van der Waals surface area (Å²) >= 11 is 3.40. The van der Waals surface area contributed by atoms with Gasteiger partial charge in [-0.05, 0) is 55.3 Å². The van der Waals surface area contributed by atoms with Crippen LogP contribution in [0.25, 0.3) is 22.3 Å². The van der Waals surface area contributed by atoms with Crippen molar-refractivity contribution in [2.24, 2.45) is 0 Å². The third-order valence-corrected chi connectivity index (χ3v) is 4.43. The van der Waals surface area contributed by atoms with Crippen molar-refractivity contribution in [2.75, 3.05) is 19.0 Å². The van der Waals surface area contributed by atoms with E-state index in [1.807, 2.05) is 30.3 Å². The summed E-state index contributed by atoms with van der Waals surface area (Å²) < 4.78 is 16.7. The number of methoxy groups -OCH3 is 1. The van der Waals surface area contributed by atoms with Crippen LogP contribution in [0.5, 0.6) is 11.5 Å². The van der Waals surface area contributed by atoms with Crippen LogP contribution in [-0.4, -0.2) is 19.0 Å². The predicted molar refractivity (Wildman–Crippen MR) is 103 cm³/mol. The van der Waals surface area contributed by atoms with Gasteiger partial charge < -0.3 is 13.9 Å². The van der Waals surface area contributed by atoms with Crippen LogP contribution in [0.4, 0.5) is 0 Å². The van der Waals surface area contributed by atoms with Crippen molar-refractivity contribution in [3.05, 3.63) is 58.8 Å². The molecule has 0 aliphatic carbocycles. The fourth-order valence-electron chi connectivity index (χ4n) is 2.51. The van der Waals surface area contributed by atoms with Crippen LogP contribution < -0.4 is 14.9 Å². The highest BCUT2D eigenvalue weighted by Gasteiger charge is 2.08. The average Bonchev–Trinajstić information content (AvgIpc) is 2.65. The van der Waals surface area contributed by atoms with E-state index in [0.29, 0.717) is 29.1 Å². The van der Waals surface area contributed by atoms with E-state index in [4.69, 9.17) is 13.9 Å². The molecule has 0 saturated heterocycles. The third-order valence-electron chi connectivity index (χ3n) is 3.87. The lowest BCUT2D eigenvalue weighted by atomic mass is 10.1. The molecule has 25 heavy (non-hydrogen) atoms. The fourth-order valence-corrected chi connectivity index (χ4v) is 2.91. The Labute approximate surface area is 154 Å². The smallest absolute Gasteiger partial charge is 0.193 e. The van der Waals surface area contributed by atoms with Crippen LogP contribution in [0.2, 0.25) is 0 Å². The van der Waals surface area contributed by atoms with Crippen LogP contribution >= 0.6 is 15.9 Å². The Morgan fingerprint density at radius 3 is 2.48 bits per heavy atom. The zero-order valence-electron chi connectivity index (χ0n) is 14.0. The number of hydrogen-bond donors (Lipinski definition) is 0. The van der Waals surface area contributed by atoms with Crippen molar-refractivity contribution >= 4 is 26.9 Å². The molecule has 2 aromatic carbocycles. The molecule has 1 aromatic heterocycles. The molecule has 0 unspecified atom stereocenters. The summed E-state index contributed by atoms with van der Waals surface area (Å²) in [7, 11) is 1.62. The number of rotatable bonds is 7. The van der Waals surface area contributed by atoms with Crippen LogP contribution in [0.3, 0.4) is 0 Å². The lowest BCUT2D eigenvalue weighted by Crippen LogP contribution is -2.02. The third kappa shape index (κ3) is 4.23. The Bertz CT molecular complexity index is 900. The first-order chi connectivity index (χ1) is 12.2. The van der Waals surface area contributed by atoms with Crippen molar-refractivity contribution in [3.63, 3.8) is 0 Å². The Morgan fingerprint density at radius 1 is 1.00 bits per heavy atom. The van der Waals surface area contributed by atoms with E-state index < -0.39 is 0 Å². The highest BCUT2D eigenvalue weighted by Crippen LogP contribution is 2.26. The van der Waals surface area contributed by atoms with E-state index in [0.717, 1.165) is 29.5 Å². The first-order valence-corrected chi connectivity index (χ1v) is 9.24. The van der Waals surface area contributed by atoms with E-state index >= 15 is 0 Å².